The maximum atomic E-state index is 9.19. The molecule has 0 radical (unpaired) electrons. The number of aromatic nitrogens is 1. The topological polar surface area (TPSA) is 25.2 Å². The number of hydrogen-bond donors (Lipinski definition) is 1. The fourth-order valence-corrected chi connectivity index (χ4v) is 3.16. The first-order valence-corrected chi connectivity index (χ1v) is 6.88. The van der Waals surface area contributed by atoms with E-state index in [1.54, 1.807) is 11.3 Å². The summed E-state index contributed by atoms with van der Waals surface area (Å²) < 4.78 is 2.99. The lowest BCUT2D eigenvalue weighted by Crippen LogP contribution is -1.96. The summed E-state index contributed by atoms with van der Waals surface area (Å²) in [5, 5.41) is 10.4. The molecule has 0 bridgehead atoms. The summed E-state index contributed by atoms with van der Waals surface area (Å²) >= 11 is 7.54. The quantitative estimate of drug-likeness (QED) is 0.772. The van der Waals surface area contributed by atoms with Crippen LogP contribution in [0.1, 0.15) is 10.4 Å². The van der Waals surface area contributed by atoms with Crippen molar-refractivity contribution in [2.24, 2.45) is 0 Å². The lowest BCUT2D eigenvalue weighted by molar-refractivity contribution is 0.282. The highest BCUT2D eigenvalue weighted by atomic mass is 35.5. The van der Waals surface area contributed by atoms with E-state index in [0.717, 1.165) is 22.0 Å². The van der Waals surface area contributed by atoms with E-state index in [0.29, 0.717) is 0 Å². The van der Waals surface area contributed by atoms with E-state index in [1.165, 1.54) is 10.3 Å². The van der Waals surface area contributed by atoms with E-state index in [1.807, 2.05) is 24.3 Å². The molecule has 1 aromatic carbocycles. The number of thiophene rings is 1. The number of benzene rings is 1. The molecule has 0 atom stereocenters. The fraction of sp³-hybridized carbons (Fsp3) is 0.143. The average molecular weight is 278 g/mol. The first-order valence-electron chi connectivity index (χ1n) is 5.69. The summed E-state index contributed by atoms with van der Waals surface area (Å²) in [6.07, 6.45) is 2.07. The predicted molar refractivity (Wildman–Crippen MR) is 76.3 cm³/mol. The van der Waals surface area contributed by atoms with Crippen LogP contribution in [0.15, 0.2) is 42.6 Å². The van der Waals surface area contributed by atoms with Gasteiger partial charge in [0.1, 0.15) is 0 Å². The SMILES string of the molecule is OCc1ccc2ccn(Cc3ccc(Cl)s3)c2c1. The molecule has 0 aliphatic carbocycles. The van der Waals surface area contributed by atoms with E-state index in [-0.39, 0.29) is 6.61 Å². The van der Waals surface area contributed by atoms with Gasteiger partial charge in [0.15, 0.2) is 0 Å². The second-order valence-corrected chi connectivity index (χ2v) is 6.00. The Hall–Kier alpha value is -1.29. The minimum Gasteiger partial charge on any atom is -0.392 e. The molecule has 92 valence electrons. The van der Waals surface area contributed by atoms with Crippen molar-refractivity contribution >= 4 is 33.8 Å². The number of rotatable bonds is 3. The van der Waals surface area contributed by atoms with Crippen molar-refractivity contribution in [3.05, 3.63) is 57.4 Å². The molecule has 2 heterocycles. The van der Waals surface area contributed by atoms with E-state index >= 15 is 0 Å². The Balaban J connectivity index is 2.01. The van der Waals surface area contributed by atoms with E-state index in [2.05, 4.69) is 22.9 Å². The zero-order valence-electron chi connectivity index (χ0n) is 9.64. The molecule has 3 aromatic rings. The lowest BCUT2D eigenvalue weighted by Gasteiger charge is -2.04. The lowest BCUT2D eigenvalue weighted by atomic mass is 10.2. The summed E-state index contributed by atoms with van der Waals surface area (Å²) in [6, 6.07) is 12.1. The molecule has 0 aliphatic heterocycles. The highest BCUT2D eigenvalue weighted by molar-refractivity contribution is 7.16. The Labute approximate surface area is 114 Å². The van der Waals surface area contributed by atoms with Gasteiger partial charge in [-0.25, -0.2) is 0 Å². The molecule has 2 aromatic heterocycles. The second kappa shape index (κ2) is 4.76. The summed E-state index contributed by atoms with van der Waals surface area (Å²) in [6.45, 7) is 0.891. The largest absolute Gasteiger partial charge is 0.392 e. The second-order valence-electron chi connectivity index (χ2n) is 4.20. The minimum absolute atomic E-state index is 0.0753. The Kier molecular flexibility index (Phi) is 3.12. The zero-order valence-corrected chi connectivity index (χ0v) is 11.2. The maximum Gasteiger partial charge on any atom is 0.0931 e. The number of fused-ring (bicyclic) bond motifs is 1. The third kappa shape index (κ3) is 2.17. The van der Waals surface area contributed by atoms with Gasteiger partial charge in [0.05, 0.1) is 17.5 Å². The zero-order chi connectivity index (χ0) is 12.5. The first kappa shape index (κ1) is 11.8. The Morgan fingerprint density at radius 1 is 1.17 bits per heavy atom. The number of hydrogen-bond acceptors (Lipinski definition) is 2. The van der Waals surface area contributed by atoms with Crippen molar-refractivity contribution in [1.82, 2.24) is 4.57 Å². The highest BCUT2D eigenvalue weighted by Crippen LogP contribution is 2.24. The first-order chi connectivity index (χ1) is 8.76. The molecule has 18 heavy (non-hydrogen) atoms. The van der Waals surface area contributed by atoms with Gasteiger partial charge >= 0.3 is 0 Å². The van der Waals surface area contributed by atoms with Gasteiger partial charge in [0, 0.05) is 16.6 Å². The monoisotopic (exact) mass is 277 g/mol. The normalized spacial score (nSPS) is 11.2. The molecule has 2 nitrogen and oxygen atoms in total. The third-order valence-electron chi connectivity index (χ3n) is 2.98. The van der Waals surface area contributed by atoms with Crippen molar-refractivity contribution in [2.45, 2.75) is 13.2 Å². The van der Waals surface area contributed by atoms with Crippen molar-refractivity contribution in [3.63, 3.8) is 0 Å². The van der Waals surface area contributed by atoms with Crippen LogP contribution in [0, 0.1) is 0 Å². The molecule has 0 saturated carbocycles. The van der Waals surface area contributed by atoms with Crippen LogP contribution in [0.2, 0.25) is 4.34 Å². The fourth-order valence-electron chi connectivity index (χ4n) is 2.07. The Bertz CT molecular complexity index is 686. The highest BCUT2D eigenvalue weighted by Gasteiger charge is 2.04. The van der Waals surface area contributed by atoms with Gasteiger partial charge in [0.2, 0.25) is 0 Å². The van der Waals surface area contributed by atoms with Gasteiger partial charge in [0.25, 0.3) is 0 Å². The van der Waals surface area contributed by atoms with E-state index in [9.17, 15) is 5.11 Å². The molecule has 0 saturated heterocycles. The Morgan fingerprint density at radius 3 is 2.78 bits per heavy atom. The van der Waals surface area contributed by atoms with Gasteiger partial charge in [-0.05, 0) is 35.2 Å². The molecule has 0 spiro atoms. The van der Waals surface area contributed by atoms with Crippen LogP contribution < -0.4 is 0 Å². The minimum atomic E-state index is 0.0753. The molecular weight excluding hydrogens is 266 g/mol. The third-order valence-corrected chi connectivity index (χ3v) is 4.19. The van der Waals surface area contributed by atoms with Gasteiger partial charge < -0.3 is 9.67 Å². The molecule has 0 unspecified atom stereocenters. The molecule has 4 heteroatoms. The molecule has 0 amide bonds. The van der Waals surface area contributed by atoms with Gasteiger partial charge in [-0.2, -0.15) is 0 Å². The maximum absolute atomic E-state index is 9.19. The molecule has 3 rings (SSSR count). The summed E-state index contributed by atoms with van der Waals surface area (Å²) in [4.78, 5) is 1.23. The van der Waals surface area contributed by atoms with Crippen LogP contribution in [0.5, 0.6) is 0 Å². The number of halogens is 1. The van der Waals surface area contributed by atoms with Gasteiger partial charge in [-0.15, -0.1) is 11.3 Å². The van der Waals surface area contributed by atoms with Crippen LogP contribution in [0.3, 0.4) is 0 Å². The van der Waals surface area contributed by atoms with Gasteiger partial charge in [-0.3, -0.25) is 0 Å². The standard InChI is InChI=1S/C14H12ClNOS/c15-14-4-3-12(18-14)8-16-6-5-11-2-1-10(9-17)7-13(11)16/h1-7,17H,8-9H2. The predicted octanol–water partition coefficient (Wildman–Crippen LogP) is 3.90. The Morgan fingerprint density at radius 2 is 2.06 bits per heavy atom. The van der Waals surface area contributed by atoms with E-state index < -0.39 is 0 Å². The van der Waals surface area contributed by atoms with Crippen LogP contribution in [0.25, 0.3) is 10.9 Å². The molecule has 1 N–H and O–H groups in total. The molecular formula is C14H12ClNOS. The average Bonchev–Trinajstić information content (AvgIpc) is 2.96. The van der Waals surface area contributed by atoms with Crippen molar-refractivity contribution < 1.29 is 5.11 Å². The van der Waals surface area contributed by atoms with Crippen LogP contribution in [-0.4, -0.2) is 9.67 Å². The number of nitrogens with zero attached hydrogens (tertiary/aromatic N) is 1. The van der Waals surface area contributed by atoms with E-state index in [4.69, 9.17) is 11.6 Å². The molecule has 0 fully saturated rings. The summed E-state index contributed by atoms with van der Waals surface area (Å²) in [5.41, 5.74) is 2.08. The summed E-state index contributed by atoms with van der Waals surface area (Å²) in [5.74, 6) is 0. The van der Waals surface area contributed by atoms with Crippen molar-refractivity contribution in [3.8, 4) is 0 Å². The van der Waals surface area contributed by atoms with Crippen molar-refractivity contribution in [2.75, 3.05) is 0 Å². The van der Waals surface area contributed by atoms with Crippen molar-refractivity contribution in [1.29, 1.82) is 0 Å². The smallest absolute Gasteiger partial charge is 0.0931 e. The van der Waals surface area contributed by atoms with Crippen LogP contribution in [0.4, 0.5) is 0 Å². The number of aliphatic hydroxyl groups is 1. The van der Waals surface area contributed by atoms with Crippen LogP contribution >= 0.6 is 22.9 Å². The molecule has 0 aliphatic rings. The van der Waals surface area contributed by atoms with Gasteiger partial charge in [-0.1, -0.05) is 23.7 Å². The number of aliphatic hydroxyl groups excluding tert-OH is 1. The summed E-state index contributed by atoms with van der Waals surface area (Å²) in [7, 11) is 0. The van der Waals surface area contributed by atoms with Crippen LogP contribution in [-0.2, 0) is 13.2 Å².